The van der Waals surface area contributed by atoms with Crippen molar-refractivity contribution in [1.82, 2.24) is 4.31 Å². The van der Waals surface area contributed by atoms with Crippen molar-refractivity contribution < 1.29 is 28.1 Å². The van der Waals surface area contributed by atoms with Crippen LogP contribution in [0.3, 0.4) is 0 Å². The summed E-state index contributed by atoms with van der Waals surface area (Å²) in [7, 11) is -3.95. The smallest absolute Gasteiger partial charge is 0.312 e. The number of nitrogens with one attached hydrogen (secondary N) is 1. The predicted molar refractivity (Wildman–Crippen MR) is 114 cm³/mol. The van der Waals surface area contributed by atoms with Crippen LogP contribution >= 0.6 is 11.6 Å². The maximum absolute atomic E-state index is 12.7. The Morgan fingerprint density at radius 2 is 1.78 bits per heavy atom. The molecule has 0 bridgehead atoms. The largest absolute Gasteiger partial charge is 0.502 e. The van der Waals surface area contributed by atoms with Crippen LogP contribution in [0.25, 0.3) is 0 Å². The fraction of sp³-hybridized carbons (Fsp3) is 0.235. The highest BCUT2D eigenvalue weighted by Crippen LogP contribution is 2.33. The number of nitrogens with zero attached hydrogens (tertiary/aromatic N) is 4. The van der Waals surface area contributed by atoms with Gasteiger partial charge in [-0.15, -0.1) is 0 Å². The first-order chi connectivity index (χ1) is 15.1. The minimum Gasteiger partial charge on any atom is -0.502 e. The van der Waals surface area contributed by atoms with E-state index in [9.17, 15) is 33.8 Å². The van der Waals surface area contributed by atoms with Crippen molar-refractivity contribution in [3.63, 3.8) is 0 Å². The summed E-state index contributed by atoms with van der Waals surface area (Å²) >= 11 is 5.80. The molecular weight excluding hydrogens is 470 g/mol. The van der Waals surface area contributed by atoms with Crippen molar-refractivity contribution in [1.29, 1.82) is 0 Å². The van der Waals surface area contributed by atoms with Gasteiger partial charge in [0.25, 0.3) is 5.69 Å². The second kappa shape index (κ2) is 9.44. The van der Waals surface area contributed by atoms with E-state index >= 15 is 0 Å². The molecule has 2 aromatic carbocycles. The molecule has 0 aliphatic carbocycles. The van der Waals surface area contributed by atoms with E-state index in [1.165, 1.54) is 22.5 Å². The number of nitro groups is 2. The summed E-state index contributed by atoms with van der Waals surface area (Å²) < 4.78 is 31.8. The van der Waals surface area contributed by atoms with Crippen LogP contribution in [-0.4, -0.2) is 60.2 Å². The van der Waals surface area contributed by atoms with Crippen LogP contribution in [0.2, 0.25) is 5.02 Å². The SMILES string of the molecule is O=[N+]([O-])c1cc(S(=O)(=O)N2CCOCC2)ccc1NN=Cc1cc(Cl)cc([N+](=O)[O-])c1O. The Kier molecular flexibility index (Phi) is 6.88. The number of phenols is 1. The minimum atomic E-state index is -3.95. The maximum atomic E-state index is 12.7. The number of ether oxygens (including phenoxy) is 1. The first-order valence-corrected chi connectivity index (χ1v) is 10.8. The Morgan fingerprint density at radius 3 is 2.41 bits per heavy atom. The maximum Gasteiger partial charge on any atom is 0.312 e. The Morgan fingerprint density at radius 1 is 1.12 bits per heavy atom. The number of halogens is 1. The second-order valence-electron chi connectivity index (χ2n) is 6.44. The van der Waals surface area contributed by atoms with Gasteiger partial charge < -0.3 is 9.84 Å². The third-order valence-electron chi connectivity index (χ3n) is 4.44. The lowest BCUT2D eigenvalue weighted by Crippen LogP contribution is -2.40. The number of nitro benzene ring substituents is 2. The fourth-order valence-corrected chi connectivity index (χ4v) is 4.52. The van der Waals surface area contributed by atoms with Gasteiger partial charge in [0.2, 0.25) is 15.8 Å². The van der Waals surface area contributed by atoms with Gasteiger partial charge in [0, 0.05) is 35.8 Å². The Balaban J connectivity index is 1.88. The molecule has 1 heterocycles. The van der Waals surface area contributed by atoms with Crippen LogP contribution in [0.5, 0.6) is 5.75 Å². The van der Waals surface area contributed by atoms with Gasteiger partial charge in [-0.05, 0) is 18.2 Å². The molecule has 13 nitrogen and oxygen atoms in total. The Labute approximate surface area is 186 Å². The lowest BCUT2D eigenvalue weighted by Gasteiger charge is -2.26. The van der Waals surface area contributed by atoms with Crippen molar-refractivity contribution in [2.24, 2.45) is 5.10 Å². The normalized spacial score (nSPS) is 15.0. The molecule has 0 saturated carbocycles. The van der Waals surface area contributed by atoms with Crippen molar-refractivity contribution in [3.05, 3.63) is 61.1 Å². The molecule has 15 heteroatoms. The third-order valence-corrected chi connectivity index (χ3v) is 6.56. The topological polar surface area (TPSA) is 178 Å². The van der Waals surface area contributed by atoms with Crippen molar-refractivity contribution in [3.8, 4) is 5.75 Å². The zero-order chi connectivity index (χ0) is 23.5. The van der Waals surface area contributed by atoms with Crippen molar-refractivity contribution in [2.75, 3.05) is 31.7 Å². The molecule has 2 aromatic rings. The van der Waals surface area contributed by atoms with E-state index < -0.39 is 37.0 Å². The quantitative estimate of drug-likeness (QED) is 0.338. The van der Waals surface area contributed by atoms with Gasteiger partial charge in [0.1, 0.15) is 5.69 Å². The van der Waals surface area contributed by atoms with E-state index in [1.807, 2.05) is 0 Å². The number of morpholine rings is 1. The van der Waals surface area contributed by atoms with Gasteiger partial charge in [-0.3, -0.25) is 25.7 Å². The molecule has 170 valence electrons. The summed E-state index contributed by atoms with van der Waals surface area (Å²) in [5, 5.41) is 36.1. The van der Waals surface area contributed by atoms with Crippen molar-refractivity contribution in [2.45, 2.75) is 4.90 Å². The van der Waals surface area contributed by atoms with E-state index in [4.69, 9.17) is 16.3 Å². The number of hydrogen-bond donors (Lipinski definition) is 2. The zero-order valence-corrected chi connectivity index (χ0v) is 17.7. The number of aromatic hydroxyl groups is 1. The summed E-state index contributed by atoms with van der Waals surface area (Å²) in [5.74, 6) is -0.689. The highest BCUT2D eigenvalue weighted by atomic mass is 35.5. The van der Waals surface area contributed by atoms with Crippen LogP contribution < -0.4 is 5.43 Å². The number of sulfonamides is 1. The summed E-state index contributed by atoms with van der Waals surface area (Å²) in [6, 6.07) is 5.44. The first-order valence-electron chi connectivity index (χ1n) is 8.93. The number of anilines is 1. The Hall–Kier alpha value is -3.33. The van der Waals surface area contributed by atoms with Gasteiger partial charge in [0.05, 0.1) is 34.2 Å². The molecule has 0 unspecified atom stereocenters. The molecule has 0 amide bonds. The predicted octanol–water partition coefficient (Wildman–Crippen LogP) is 2.33. The number of rotatable bonds is 7. The van der Waals surface area contributed by atoms with Crippen LogP contribution in [0.15, 0.2) is 40.3 Å². The van der Waals surface area contributed by atoms with E-state index in [0.717, 1.165) is 18.3 Å². The molecule has 3 rings (SSSR count). The average Bonchev–Trinajstić information content (AvgIpc) is 2.76. The molecule has 2 N–H and O–H groups in total. The number of phenolic OH excluding ortho intramolecular Hbond substituents is 1. The summed E-state index contributed by atoms with van der Waals surface area (Å²) in [5.41, 5.74) is 0.936. The molecule has 1 aliphatic rings. The molecule has 1 fully saturated rings. The second-order valence-corrected chi connectivity index (χ2v) is 8.82. The summed E-state index contributed by atoms with van der Waals surface area (Å²) in [4.78, 5) is 20.6. The molecule has 32 heavy (non-hydrogen) atoms. The van der Waals surface area contributed by atoms with Gasteiger partial charge in [0.15, 0.2) is 0 Å². The molecule has 1 aliphatic heterocycles. The molecule has 1 saturated heterocycles. The van der Waals surface area contributed by atoms with Crippen LogP contribution in [0, 0.1) is 20.2 Å². The molecule has 0 atom stereocenters. The van der Waals surface area contributed by atoms with Crippen LogP contribution in [-0.2, 0) is 14.8 Å². The molecule has 0 spiro atoms. The van der Waals surface area contributed by atoms with E-state index in [-0.39, 0.29) is 47.5 Å². The van der Waals surface area contributed by atoms with E-state index in [2.05, 4.69) is 10.5 Å². The van der Waals surface area contributed by atoms with Crippen LogP contribution in [0.1, 0.15) is 5.56 Å². The van der Waals surface area contributed by atoms with Gasteiger partial charge in [-0.1, -0.05) is 11.6 Å². The average molecular weight is 486 g/mol. The molecular formula is C17H16ClN5O8S. The highest BCUT2D eigenvalue weighted by molar-refractivity contribution is 7.89. The highest BCUT2D eigenvalue weighted by Gasteiger charge is 2.29. The first kappa shape index (κ1) is 23.3. The van der Waals surface area contributed by atoms with Crippen molar-refractivity contribution >= 4 is 44.9 Å². The van der Waals surface area contributed by atoms with Gasteiger partial charge in [-0.25, -0.2) is 8.42 Å². The standard InChI is InChI=1S/C17H16ClN5O8S/c18-12-7-11(17(24)16(8-12)23(27)28)10-19-20-14-2-1-13(9-15(14)22(25)26)32(29,30)21-3-5-31-6-4-21/h1-2,7-10,20,24H,3-6H2. The number of benzene rings is 2. The van der Waals surface area contributed by atoms with Gasteiger partial charge in [-0.2, -0.15) is 9.41 Å². The minimum absolute atomic E-state index is 0.0281. The van der Waals surface area contributed by atoms with E-state index in [0.29, 0.717) is 0 Å². The van der Waals surface area contributed by atoms with Crippen LogP contribution in [0.4, 0.5) is 17.1 Å². The van der Waals surface area contributed by atoms with Gasteiger partial charge >= 0.3 is 5.69 Å². The summed E-state index contributed by atoms with van der Waals surface area (Å²) in [6.45, 7) is 0.722. The monoisotopic (exact) mass is 485 g/mol. The molecule has 0 radical (unpaired) electrons. The Bertz CT molecular complexity index is 1200. The zero-order valence-electron chi connectivity index (χ0n) is 16.2. The number of hydrogen-bond acceptors (Lipinski definition) is 10. The third kappa shape index (κ3) is 4.94. The fourth-order valence-electron chi connectivity index (χ4n) is 2.87. The number of hydrazone groups is 1. The lowest BCUT2D eigenvalue weighted by atomic mass is 10.2. The summed E-state index contributed by atoms with van der Waals surface area (Å²) in [6.07, 6.45) is 0.982. The lowest BCUT2D eigenvalue weighted by molar-refractivity contribution is -0.385. The molecule has 0 aromatic heterocycles. The van der Waals surface area contributed by atoms with E-state index in [1.54, 1.807) is 0 Å².